The van der Waals surface area contributed by atoms with E-state index >= 15 is 0 Å². The maximum atomic E-state index is 11.5. The molecule has 0 bridgehead atoms. The second-order valence-electron chi connectivity index (χ2n) is 4.75. The molecule has 0 radical (unpaired) electrons. The third kappa shape index (κ3) is 4.18. The predicted octanol–water partition coefficient (Wildman–Crippen LogP) is 0.514. The van der Waals surface area contributed by atoms with Crippen molar-refractivity contribution < 1.29 is 9.53 Å². The average Bonchev–Trinajstić information content (AvgIpc) is 2.96. The van der Waals surface area contributed by atoms with Gasteiger partial charge in [0.25, 0.3) is 0 Å². The molecule has 1 aliphatic rings. The Kier molecular flexibility index (Phi) is 4.54. The van der Waals surface area contributed by atoms with Crippen LogP contribution in [0.4, 0.5) is 0 Å². The molecule has 0 aliphatic heterocycles. The molecule has 0 aromatic heterocycles. The lowest BCUT2D eigenvalue weighted by atomic mass is 10.1. The number of nitrogens with two attached hydrogens (primary N) is 1. The summed E-state index contributed by atoms with van der Waals surface area (Å²) < 4.78 is 4.98. The molecule has 0 aromatic carbocycles. The highest BCUT2D eigenvalue weighted by atomic mass is 16.5. The second kappa shape index (κ2) is 5.47. The molecule has 15 heavy (non-hydrogen) atoms. The first kappa shape index (κ1) is 12.5. The van der Waals surface area contributed by atoms with Crippen molar-refractivity contribution in [1.82, 2.24) is 5.32 Å². The molecule has 4 nitrogen and oxygen atoms in total. The van der Waals surface area contributed by atoms with Crippen molar-refractivity contribution in [2.75, 3.05) is 26.8 Å². The first-order valence-corrected chi connectivity index (χ1v) is 5.57. The molecule has 1 aliphatic carbocycles. The third-order valence-corrected chi connectivity index (χ3v) is 3.04. The fourth-order valence-corrected chi connectivity index (χ4v) is 1.65. The Morgan fingerprint density at radius 2 is 2.27 bits per heavy atom. The van der Waals surface area contributed by atoms with E-state index in [4.69, 9.17) is 10.5 Å². The number of carbonyl (C=O) groups is 1. The summed E-state index contributed by atoms with van der Waals surface area (Å²) in [4.78, 5) is 11.5. The van der Waals surface area contributed by atoms with Gasteiger partial charge in [-0.15, -0.1) is 0 Å². The number of carbonyl (C=O) groups excluding carboxylic acids is 1. The Morgan fingerprint density at radius 3 is 2.73 bits per heavy atom. The Bertz CT molecular complexity index is 215. The second-order valence-corrected chi connectivity index (χ2v) is 4.75. The van der Waals surface area contributed by atoms with Crippen LogP contribution in [0.25, 0.3) is 0 Å². The van der Waals surface area contributed by atoms with E-state index in [1.54, 1.807) is 7.11 Å². The van der Waals surface area contributed by atoms with Crippen molar-refractivity contribution in [2.45, 2.75) is 26.2 Å². The molecule has 1 saturated carbocycles. The molecule has 1 atom stereocenters. The molecular weight excluding hydrogens is 192 g/mol. The van der Waals surface area contributed by atoms with E-state index in [1.807, 2.05) is 6.92 Å². The lowest BCUT2D eigenvalue weighted by Crippen LogP contribution is -2.34. The summed E-state index contributed by atoms with van der Waals surface area (Å²) in [6.07, 6.45) is 2.84. The van der Waals surface area contributed by atoms with Crippen LogP contribution in [0.3, 0.4) is 0 Å². The van der Waals surface area contributed by atoms with Gasteiger partial charge >= 0.3 is 0 Å². The van der Waals surface area contributed by atoms with Crippen LogP contribution in [-0.4, -0.2) is 32.7 Å². The highest BCUT2D eigenvalue weighted by Crippen LogP contribution is 2.43. The standard InChI is InChI=1S/C11H22N2O2/c1-9(6-15-2)5-10(14)13-8-11(7-12)3-4-11/h9H,3-8,12H2,1-2H3,(H,13,14). The van der Waals surface area contributed by atoms with E-state index in [9.17, 15) is 4.79 Å². The molecule has 1 amide bonds. The maximum Gasteiger partial charge on any atom is 0.220 e. The molecule has 88 valence electrons. The molecule has 1 rings (SSSR count). The highest BCUT2D eigenvalue weighted by molar-refractivity contribution is 5.76. The lowest BCUT2D eigenvalue weighted by molar-refractivity contribution is -0.122. The van der Waals surface area contributed by atoms with Crippen molar-refractivity contribution in [1.29, 1.82) is 0 Å². The van der Waals surface area contributed by atoms with Crippen molar-refractivity contribution in [2.24, 2.45) is 17.1 Å². The first-order valence-electron chi connectivity index (χ1n) is 5.57. The predicted molar refractivity (Wildman–Crippen MR) is 59.4 cm³/mol. The number of hydrogen-bond acceptors (Lipinski definition) is 3. The molecule has 4 heteroatoms. The van der Waals surface area contributed by atoms with E-state index < -0.39 is 0 Å². The van der Waals surface area contributed by atoms with Crippen molar-refractivity contribution in [3.8, 4) is 0 Å². The fraction of sp³-hybridized carbons (Fsp3) is 0.909. The minimum Gasteiger partial charge on any atom is -0.384 e. The van der Waals surface area contributed by atoms with Gasteiger partial charge in [-0.1, -0.05) is 6.92 Å². The summed E-state index contributed by atoms with van der Waals surface area (Å²) in [5.74, 6) is 0.391. The molecular formula is C11H22N2O2. The van der Waals surface area contributed by atoms with Crippen LogP contribution in [0.15, 0.2) is 0 Å². The van der Waals surface area contributed by atoms with Gasteiger partial charge in [0, 0.05) is 26.7 Å². The van der Waals surface area contributed by atoms with Gasteiger partial charge in [0.2, 0.25) is 5.91 Å². The summed E-state index contributed by atoms with van der Waals surface area (Å²) >= 11 is 0. The monoisotopic (exact) mass is 214 g/mol. The zero-order chi connectivity index (χ0) is 11.3. The first-order chi connectivity index (χ1) is 7.12. The summed E-state index contributed by atoms with van der Waals surface area (Å²) in [6, 6.07) is 0. The quantitative estimate of drug-likeness (QED) is 0.649. The van der Waals surface area contributed by atoms with E-state index in [0.29, 0.717) is 19.6 Å². The molecule has 3 N–H and O–H groups in total. The van der Waals surface area contributed by atoms with Crippen LogP contribution < -0.4 is 11.1 Å². The van der Waals surface area contributed by atoms with Crippen molar-refractivity contribution >= 4 is 5.91 Å². The van der Waals surface area contributed by atoms with Crippen LogP contribution in [0.5, 0.6) is 0 Å². The van der Waals surface area contributed by atoms with E-state index in [2.05, 4.69) is 5.32 Å². The van der Waals surface area contributed by atoms with E-state index in [0.717, 1.165) is 19.4 Å². The maximum absolute atomic E-state index is 11.5. The highest BCUT2D eigenvalue weighted by Gasteiger charge is 2.41. The Balaban J connectivity index is 2.13. The summed E-state index contributed by atoms with van der Waals surface area (Å²) in [7, 11) is 1.65. The largest absolute Gasteiger partial charge is 0.384 e. The Morgan fingerprint density at radius 1 is 1.60 bits per heavy atom. The molecule has 0 aromatic rings. The number of methoxy groups -OCH3 is 1. The van der Waals surface area contributed by atoms with Gasteiger partial charge in [-0.05, 0) is 30.7 Å². The summed E-state index contributed by atoms with van der Waals surface area (Å²) in [6.45, 7) is 4.07. The lowest BCUT2D eigenvalue weighted by Gasteiger charge is -2.15. The van der Waals surface area contributed by atoms with Gasteiger partial charge < -0.3 is 15.8 Å². The van der Waals surface area contributed by atoms with Gasteiger partial charge in [0.1, 0.15) is 0 Å². The molecule has 1 fully saturated rings. The van der Waals surface area contributed by atoms with Crippen molar-refractivity contribution in [3.63, 3.8) is 0 Å². The molecule has 0 heterocycles. The minimum atomic E-state index is 0.110. The van der Waals surface area contributed by atoms with Gasteiger partial charge in [-0.25, -0.2) is 0 Å². The zero-order valence-electron chi connectivity index (χ0n) is 9.71. The van der Waals surface area contributed by atoms with Gasteiger partial charge in [-0.2, -0.15) is 0 Å². The summed E-state index contributed by atoms with van der Waals surface area (Å²) in [5, 5.41) is 2.95. The van der Waals surface area contributed by atoms with Crippen molar-refractivity contribution in [3.05, 3.63) is 0 Å². The van der Waals surface area contributed by atoms with Crippen LogP contribution in [0.1, 0.15) is 26.2 Å². The van der Waals surface area contributed by atoms with Crippen LogP contribution in [-0.2, 0) is 9.53 Å². The number of amides is 1. The third-order valence-electron chi connectivity index (χ3n) is 3.04. The SMILES string of the molecule is COCC(C)CC(=O)NCC1(CN)CC1. The number of rotatable bonds is 7. The number of hydrogen-bond donors (Lipinski definition) is 2. The van der Waals surface area contributed by atoms with Crippen LogP contribution >= 0.6 is 0 Å². The van der Waals surface area contributed by atoms with E-state index in [1.165, 1.54) is 0 Å². The van der Waals surface area contributed by atoms with E-state index in [-0.39, 0.29) is 17.2 Å². The zero-order valence-corrected chi connectivity index (χ0v) is 9.71. The molecule has 0 saturated heterocycles. The topological polar surface area (TPSA) is 64.3 Å². The van der Waals surface area contributed by atoms with Gasteiger partial charge in [0.15, 0.2) is 0 Å². The Labute approximate surface area is 91.5 Å². The van der Waals surface area contributed by atoms with Crippen LogP contribution in [0.2, 0.25) is 0 Å². The number of ether oxygens (including phenoxy) is 1. The normalized spacial score (nSPS) is 19.7. The molecule has 1 unspecified atom stereocenters. The van der Waals surface area contributed by atoms with Gasteiger partial charge in [-0.3, -0.25) is 4.79 Å². The van der Waals surface area contributed by atoms with Gasteiger partial charge in [0.05, 0.1) is 0 Å². The fourth-order valence-electron chi connectivity index (χ4n) is 1.65. The smallest absolute Gasteiger partial charge is 0.220 e. The Hall–Kier alpha value is -0.610. The van der Waals surface area contributed by atoms with Crippen LogP contribution in [0, 0.1) is 11.3 Å². The average molecular weight is 214 g/mol. The summed E-state index contributed by atoms with van der Waals surface area (Å²) in [5.41, 5.74) is 5.86. The number of nitrogens with one attached hydrogen (secondary N) is 1. The minimum absolute atomic E-state index is 0.110. The molecule has 0 spiro atoms.